The molecule has 1 aromatic rings. The van der Waals surface area contributed by atoms with E-state index in [1.807, 2.05) is 31.2 Å². The van der Waals surface area contributed by atoms with Crippen molar-refractivity contribution < 1.29 is 19.4 Å². The predicted octanol–water partition coefficient (Wildman–Crippen LogP) is 2.63. The van der Waals surface area contributed by atoms with Gasteiger partial charge in [0.15, 0.2) is 0 Å². The van der Waals surface area contributed by atoms with E-state index in [0.717, 1.165) is 17.4 Å². The molecule has 0 unspecified atom stereocenters. The van der Waals surface area contributed by atoms with E-state index < -0.39 is 5.97 Å². The first-order valence-corrected chi connectivity index (χ1v) is 5.76. The molecule has 0 aliphatic rings. The zero-order valence-electron chi connectivity index (χ0n) is 10.6. The van der Waals surface area contributed by atoms with E-state index in [-0.39, 0.29) is 6.10 Å². The van der Waals surface area contributed by atoms with Crippen LogP contribution in [0, 0.1) is 0 Å². The molecule has 0 fully saturated rings. The van der Waals surface area contributed by atoms with Crippen LogP contribution in [0.2, 0.25) is 0 Å². The minimum absolute atomic E-state index is 0.0114. The number of ether oxygens (including phenoxy) is 2. The Kier molecular flexibility index (Phi) is 5.94. The van der Waals surface area contributed by atoms with E-state index in [9.17, 15) is 4.79 Å². The van der Waals surface area contributed by atoms with Gasteiger partial charge in [-0.3, -0.25) is 0 Å². The van der Waals surface area contributed by atoms with Crippen molar-refractivity contribution in [3.8, 4) is 5.75 Å². The molecule has 1 atom stereocenters. The third-order valence-corrected chi connectivity index (χ3v) is 2.42. The number of carbonyl (C=O) groups is 1. The summed E-state index contributed by atoms with van der Waals surface area (Å²) in [5, 5.41) is 8.44. The monoisotopic (exact) mass is 250 g/mol. The van der Waals surface area contributed by atoms with Gasteiger partial charge in [-0.15, -0.1) is 0 Å². The Morgan fingerprint density at radius 2 is 2.06 bits per heavy atom. The standard InChI is InChI=1S/C14H18O4/c1-11(4-3-5-14(15)16)18-10-12-6-8-13(17-2)9-7-12/h3,5-9,11H,4,10H2,1-2H3,(H,15,16)/b5-3+/t11-/m0/s1. The first-order valence-electron chi connectivity index (χ1n) is 5.76. The first-order chi connectivity index (χ1) is 8.61. The van der Waals surface area contributed by atoms with Crippen LogP contribution in [0.5, 0.6) is 5.75 Å². The molecule has 18 heavy (non-hydrogen) atoms. The zero-order chi connectivity index (χ0) is 13.4. The Balaban J connectivity index is 2.32. The Morgan fingerprint density at radius 1 is 1.39 bits per heavy atom. The molecule has 0 spiro atoms. The average molecular weight is 250 g/mol. The molecule has 1 N–H and O–H groups in total. The molecule has 1 rings (SSSR count). The van der Waals surface area contributed by atoms with Crippen LogP contribution >= 0.6 is 0 Å². The lowest BCUT2D eigenvalue weighted by molar-refractivity contribution is -0.131. The lowest BCUT2D eigenvalue weighted by Crippen LogP contribution is -2.07. The maximum Gasteiger partial charge on any atom is 0.327 e. The molecule has 0 saturated heterocycles. The molecular formula is C14H18O4. The van der Waals surface area contributed by atoms with Crippen LogP contribution in [0.3, 0.4) is 0 Å². The molecule has 0 aliphatic heterocycles. The van der Waals surface area contributed by atoms with Crippen LogP contribution in [0.15, 0.2) is 36.4 Å². The van der Waals surface area contributed by atoms with Crippen molar-refractivity contribution in [2.24, 2.45) is 0 Å². The van der Waals surface area contributed by atoms with Crippen molar-refractivity contribution in [1.82, 2.24) is 0 Å². The smallest absolute Gasteiger partial charge is 0.327 e. The van der Waals surface area contributed by atoms with Gasteiger partial charge in [0, 0.05) is 6.08 Å². The SMILES string of the molecule is COc1ccc(CO[C@@H](C)C/C=C/C(=O)O)cc1. The van der Waals surface area contributed by atoms with Gasteiger partial charge in [0.05, 0.1) is 19.8 Å². The van der Waals surface area contributed by atoms with Crippen molar-refractivity contribution in [1.29, 1.82) is 0 Å². The fourth-order valence-corrected chi connectivity index (χ4v) is 1.39. The number of methoxy groups -OCH3 is 1. The van der Waals surface area contributed by atoms with Crippen molar-refractivity contribution in [2.45, 2.75) is 26.1 Å². The number of hydrogen-bond acceptors (Lipinski definition) is 3. The lowest BCUT2D eigenvalue weighted by Gasteiger charge is -2.11. The summed E-state index contributed by atoms with van der Waals surface area (Å²) in [4.78, 5) is 10.3. The van der Waals surface area contributed by atoms with Gasteiger partial charge >= 0.3 is 5.97 Å². The fraction of sp³-hybridized carbons (Fsp3) is 0.357. The topological polar surface area (TPSA) is 55.8 Å². The third-order valence-electron chi connectivity index (χ3n) is 2.42. The van der Waals surface area contributed by atoms with Gasteiger partial charge in [0.1, 0.15) is 5.75 Å². The summed E-state index contributed by atoms with van der Waals surface area (Å²) in [5.74, 6) is -0.117. The van der Waals surface area contributed by atoms with Gasteiger partial charge < -0.3 is 14.6 Å². The lowest BCUT2D eigenvalue weighted by atomic mass is 10.2. The van der Waals surface area contributed by atoms with Gasteiger partial charge in [0.2, 0.25) is 0 Å². The van der Waals surface area contributed by atoms with Crippen LogP contribution < -0.4 is 4.74 Å². The Bertz CT molecular complexity index is 395. The highest BCUT2D eigenvalue weighted by molar-refractivity contribution is 5.79. The first kappa shape index (κ1) is 14.3. The van der Waals surface area contributed by atoms with Crippen molar-refractivity contribution in [3.63, 3.8) is 0 Å². The maximum absolute atomic E-state index is 10.3. The number of aliphatic carboxylic acids is 1. The van der Waals surface area contributed by atoms with E-state index in [1.165, 1.54) is 0 Å². The van der Waals surface area contributed by atoms with Gasteiger partial charge in [-0.25, -0.2) is 4.79 Å². The van der Waals surface area contributed by atoms with Crippen molar-refractivity contribution in [2.75, 3.05) is 7.11 Å². The third kappa shape index (κ3) is 5.50. The summed E-state index contributed by atoms with van der Waals surface area (Å²) >= 11 is 0. The Hall–Kier alpha value is -1.81. The summed E-state index contributed by atoms with van der Waals surface area (Å²) in [6.45, 7) is 2.42. The normalized spacial score (nSPS) is 12.6. The van der Waals surface area contributed by atoms with Crippen LogP contribution in [0.1, 0.15) is 18.9 Å². The molecule has 0 heterocycles. The van der Waals surface area contributed by atoms with Crippen LogP contribution in [0.25, 0.3) is 0 Å². The summed E-state index contributed by atoms with van der Waals surface area (Å²) in [5.41, 5.74) is 1.06. The molecule has 4 heteroatoms. The second-order valence-corrected chi connectivity index (χ2v) is 3.95. The highest BCUT2D eigenvalue weighted by Crippen LogP contribution is 2.13. The second kappa shape index (κ2) is 7.50. The van der Waals surface area contributed by atoms with Crippen LogP contribution in [-0.2, 0) is 16.1 Å². The van der Waals surface area contributed by atoms with Crippen LogP contribution in [-0.4, -0.2) is 24.3 Å². The minimum Gasteiger partial charge on any atom is -0.497 e. The molecule has 1 aromatic carbocycles. The second-order valence-electron chi connectivity index (χ2n) is 3.95. The predicted molar refractivity (Wildman–Crippen MR) is 68.6 cm³/mol. The van der Waals surface area contributed by atoms with Gasteiger partial charge in [0.25, 0.3) is 0 Å². The highest BCUT2D eigenvalue weighted by atomic mass is 16.5. The largest absolute Gasteiger partial charge is 0.497 e. The van der Waals surface area contributed by atoms with E-state index in [1.54, 1.807) is 13.2 Å². The van der Waals surface area contributed by atoms with Gasteiger partial charge in [-0.2, -0.15) is 0 Å². The summed E-state index contributed by atoms with van der Waals surface area (Å²) in [6.07, 6.45) is 3.30. The summed E-state index contributed by atoms with van der Waals surface area (Å²) in [7, 11) is 1.63. The van der Waals surface area contributed by atoms with E-state index in [4.69, 9.17) is 14.6 Å². The summed E-state index contributed by atoms with van der Waals surface area (Å²) in [6, 6.07) is 7.65. The quantitative estimate of drug-likeness (QED) is 0.756. The molecule has 0 radical (unpaired) electrons. The van der Waals surface area contributed by atoms with Crippen molar-refractivity contribution >= 4 is 5.97 Å². The van der Waals surface area contributed by atoms with E-state index >= 15 is 0 Å². The average Bonchev–Trinajstić information content (AvgIpc) is 2.36. The number of carboxylic acid groups (broad SMARTS) is 1. The van der Waals surface area contributed by atoms with E-state index in [0.29, 0.717) is 13.0 Å². The molecule has 0 amide bonds. The minimum atomic E-state index is -0.933. The fourth-order valence-electron chi connectivity index (χ4n) is 1.39. The number of carboxylic acids is 1. The number of hydrogen-bond donors (Lipinski definition) is 1. The Morgan fingerprint density at radius 3 is 2.61 bits per heavy atom. The van der Waals surface area contributed by atoms with Crippen LogP contribution in [0.4, 0.5) is 0 Å². The van der Waals surface area contributed by atoms with E-state index in [2.05, 4.69) is 0 Å². The molecular weight excluding hydrogens is 232 g/mol. The van der Waals surface area contributed by atoms with Gasteiger partial charge in [-0.1, -0.05) is 18.2 Å². The molecule has 4 nitrogen and oxygen atoms in total. The maximum atomic E-state index is 10.3. The molecule has 0 saturated carbocycles. The van der Waals surface area contributed by atoms with Gasteiger partial charge in [-0.05, 0) is 31.0 Å². The molecule has 0 bridgehead atoms. The molecule has 0 aliphatic carbocycles. The highest BCUT2D eigenvalue weighted by Gasteiger charge is 2.01. The number of rotatable bonds is 7. The molecule has 0 aromatic heterocycles. The Labute approximate surface area is 107 Å². The summed E-state index contributed by atoms with van der Waals surface area (Å²) < 4.78 is 10.7. The number of benzene rings is 1. The van der Waals surface area contributed by atoms with Crippen molar-refractivity contribution in [3.05, 3.63) is 42.0 Å². The molecule has 98 valence electrons. The zero-order valence-corrected chi connectivity index (χ0v) is 10.6.